The van der Waals surface area contributed by atoms with Crippen LogP contribution in [0.4, 0.5) is 16.3 Å². The van der Waals surface area contributed by atoms with Crippen molar-refractivity contribution >= 4 is 40.2 Å². The first-order chi connectivity index (χ1) is 26.1. The molecule has 8 rings (SSSR count). The molecule has 1 spiro atoms. The topological polar surface area (TPSA) is 169 Å². The molecule has 2 aromatic carbocycles. The number of hydrogen-bond acceptors (Lipinski definition) is 10. The zero-order valence-corrected chi connectivity index (χ0v) is 31.6. The Hall–Kier alpha value is -5.31. The van der Waals surface area contributed by atoms with Gasteiger partial charge in [-0.25, -0.2) is 24.5 Å². The Labute approximate surface area is 317 Å². The molecule has 5 heterocycles. The molecule has 3 aromatic heterocycles. The number of amides is 2. The average molecular weight is 754 g/mol. The molecule has 2 fully saturated rings. The van der Waals surface area contributed by atoms with Gasteiger partial charge in [-0.05, 0) is 74.4 Å². The zero-order valence-electron chi connectivity index (χ0n) is 30.8. The van der Waals surface area contributed by atoms with Crippen LogP contribution in [-0.4, -0.2) is 85.6 Å². The van der Waals surface area contributed by atoms with Gasteiger partial charge in [0.05, 0.1) is 30.0 Å². The van der Waals surface area contributed by atoms with E-state index in [1.165, 1.54) is 29.1 Å². The third-order valence-corrected chi connectivity index (χ3v) is 11.2. The highest BCUT2D eigenvalue weighted by atomic mass is 35.5. The number of urea groups is 1. The molecule has 0 bridgehead atoms. The van der Waals surface area contributed by atoms with Crippen molar-refractivity contribution in [3.63, 3.8) is 0 Å². The number of methoxy groups -OCH3 is 1. The number of aliphatic hydroxyl groups is 1. The summed E-state index contributed by atoms with van der Waals surface area (Å²) in [5.41, 5.74) is 6.80. The molecule has 2 saturated heterocycles. The second-order valence-electron chi connectivity index (χ2n) is 14.0. The van der Waals surface area contributed by atoms with Crippen LogP contribution in [0.5, 0.6) is 5.88 Å². The van der Waals surface area contributed by atoms with Gasteiger partial charge in [0.1, 0.15) is 17.5 Å². The molecule has 1 unspecified atom stereocenters. The van der Waals surface area contributed by atoms with E-state index in [9.17, 15) is 14.4 Å². The molecule has 54 heavy (non-hydrogen) atoms. The lowest BCUT2D eigenvalue weighted by atomic mass is 9.92. The molecule has 4 N–H and O–H groups in total. The highest BCUT2D eigenvalue weighted by molar-refractivity contribution is 6.36. The summed E-state index contributed by atoms with van der Waals surface area (Å²) in [6.07, 6.45) is 6.40. The number of rotatable bonds is 7. The molecule has 0 radical (unpaired) electrons. The first kappa shape index (κ1) is 37.0. The van der Waals surface area contributed by atoms with E-state index in [0.29, 0.717) is 23.3 Å². The molecular formula is C39H44ClN9O5. The molecule has 0 saturated carbocycles. The Bertz CT molecular complexity index is 2370. The van der Waals surface area contributed by atoms with Gasteiger partial charge in [-0.15, -0.1) is 0 Å². The highest BCUT2D eigenvalue weighted by Gasteiger charge is 2.40. The molecule has 15 heteroatoms. The minimum absolute atomic E-state index is 0.0109. The molecular weight excluding hydrogens is 710 g/mol. The van der Waals surface area contributed by atoms with Crippen LogP contribution < -0.4 is 31.9 Å². The summed E-state index contributed by atoms with van der Waals surface area (Å²) in [4.78, 5) is 52.0. The minimum atomic E-state index is -0.469. The number of fused-ring (bicyclic) bond motifs is 2. The fraction of sp³-hybridized carbons (Fsp3) is 0.385. The average Bonchev–Trinajstić information content (AvgIpc) is 3.85. The third kappa shape index (κ3) is 6.80. The monoisotopic (exact) mass is 753 g/mol. The van der Waals surface area contributed by atoms with Gasteiger partial charge < -0.3 is 30.7 Å². The fourth-order valence-corrected chi connectivity index (χ4v) is 8.01. The standard InChI is InChI=1S/C30H27ClN6O3.C9H17N3O2/c1-16-18(20-11-6-12-21(25(20)31)23-14-17-8-5-10-19(17)28(35-23)40-4)9-7-13-22(16)34-26-24-27(33-15-32-26)36(2)30(39)37(3)29(24)38;13-6-5-12-4-2-9(11-8(12)14)1-3-10-7-9/h6-7,9,11-15H,5,8,10H2,1-4H3,(H,32,33,34);10,13H,1-7H2,(H,11,14). The predicted molar refractivity (Wildman–Crippen MR) is 209 cm³/mol. The van der Waals surface area contributed by atoms with Crippen molar-refractivity contribution in [1.82, 2.24) is 39.6 Å². The second kappa shape index (κ2) is 15.2. The van der Waals surface area contributed by atoms with E-state index in [1.807, 2.05) is 43.3 Å². The maximum absolute atomic E-state index is 13.0. The maximum Gasteiger partial charge on any atom is 0.332 e. The summed E-state index contributed by atoms with van der Waals surface area (Å²) in [5, 5.41) is 19.2. The van der Waals surface area contributed by atoms with Crippen molar-refractivity contribution in [3.05, 3.63) is 91.3 Å². The van der Waals surface area contributed by atoms with Crippen LogP contribution in [0.1, 0.15) is 36.0 Å². The number of nitrogens with zero attached hydrogens (tertiary/aromatic N) is 6. The van der Waals surface area contributed by atoms with Gasteiger partial charge in [-0.1, -0.05) is 41.9 Å². The van der Waals surface area contributed by atoms with Gasteiger partial charge in [0, 0.05) is 56.1 Å². The summed E-state index contributed by atoms with van der Waals surface area (Å²) >= 11 is 7.06. The quantitative estimate of drug-likeness (QED) is 0.190. The van der Waals surface area contributed by atoms with Crippen LogP contribution in [0.2, 0.25) is 5.02 Å². The van der Waals surface area contributed by atoms with E-state index in [1.54, 1.807) is 19.1 Å². The van der Waals surface area contributed by atoms with E-state index in [0.717, 1.165) is 89.9 Å². The first-order valence-electron chi connectivity index (χ1n) is 18.1. The van der Waals surface area contributed by atoms with Crippen LogP contribution in [0, 0.1) is 6.92 Å². The number of aromatic nitrogens is 5. The predicted octanol–water partition coefficient (Wildman–Crippen LogP) is 4.09. The number of hydrogen-bond donors (Lipinski definition) is 4. The zero-order chi connectivity index (χ0) is 38.1. The second-order valence-corrected chi connectivity index (χ2v) is 14.4. The van der Waals surface area contributed by atoms with Crippen molar-refractivity contribution in [2.75, 3.05) is 45.2 Å². The number of aliphatic hydroxyl groups excluding tert-OH is 1. The van der Waals surface area contributed by atoms with Crippen molar-refractivity contribution in [3.8, 4) is 28.3 Å². The van der Waals surface area contributed by atoms with Gasteiger partial charge >= 0.3 is 11.7 Å². The maximum atomic E-state index is 13.0. The number of anilines is 2. The smallest absolute Gasteiger partial charge is 0.332 e. The number of β-amino-alcohol motifs (C(OH)–C–C–N with tert-alkyl or cyclic N) is 1. The van der Waals surface area contributed by atoms with Crippen LogP contribution in [-0.2, 0) is 26.9 Å². The highest BCUT2D eigenvalue weighted by Crippen LogP contribution is 2.41. The Kier molecular flexibility index (Phi) is 10.4. The van der Waals surface area contributed by atoms with Gasteiger partial charge in [0.2, 0.25) is 5.88 Å². The molecule has 1 aliphatic carbocycles. The number of carbonyl (C=O) groups excluding carboxylic acids is 1. The van der Waals surface area contributed by atoms with E-state index in [2.05, 4.69) is 32.0 Å². The molecule has 5 aromatic rings. The third-order valence-electron chi connectivity index (χ3n) is 10.8. The molecule has 2 aliphatic heterocycles. The van der Waals surface area contributed by atoms with Crippen molar-refractivity contribution in [1.29, 1.82) is 0 Å². The molecule has 282 valence electrons. The van der Waals surface area contributed by atoms with E-state index in [4.69, 9.17) is 26.4 Å². The lowest BCUT2D eigenvalue weighted by Crippen LogP contribution is -2.61. The Morgan fingerprint density at radius 3 is 2.54 bits per heavy atom. The van der Waals surface area contributed by atoms with Crippen molar-refractivity contribution < 1.29 is 14.6 Å². The minimum Gasteiger partial charge on any atom is -0.481 e. The Balaban J connectivity index is 0.000000269. The lowest BCUT2D eigenvalue weighted by Gasteiger charge is -2.39. The molecule has 14 nitrogen and oxygen atoms in total. The summed E-state index contributed by atoms with van der Waals surface area (Å²) in [5.74, 6) is 0.977. The summed E-state index contributed by atoms with van der Waals surface area (Å²) in [7, 11) is 4.67. The number of pyridine rings is 1. The van der Waals surface area contributed by atoms with Gasteiger partial charge in [-0.2, -0.15) is 0 Å². The SMILES string of the molecule is COc1nc(-c2cccc(-c3cccc(Nc4ncnc5c4c(=O)n(C)c(=O)n5C)c3C)c2Cl)cc2c1CCC2.O=C1NC2(CCNC2)CCN1CCO. The molecule has 1 atom stereocenters. The summed E-state index contributed by atoms with van der Waals surface area (Å²) in [6, 6.07) is 13.8. The lowest BCUT2D eigenvalue weighted by molar-refractivity contribution is 0.136. The Morgan fingerprint density at radius 1 is 1.02 bits per heavy atom. The summed E-state index contributed by atoms with van der Waals surface area (Å²) < 4.78 is 7.99. The molecule has 2 amide bonds. The Morgan fingerprint density at radius 2 is 1.80 bits per heavy atom. The van der Waals surface area contributed by atoms with Gasteiger partial charge in [-0.3, -0.25) is 13.9 Å². The van der Waals surface area contributed by atoms with E-state index >= 15 is 0 Å². The number of benzene rings is 2. The van der Waals surface area contributed by atoms with E-state index < -0.39 is 11.2 Å². The normalized spacial score (nSPS) is 17.7. The molecule has 3 aliphatic rings. The van der Waals surface area contributed by atoms with Crippen molar-refractivity contribution in [2.45, 2.75) is 44.6 Å². The fourth-order valence-electron chi connectivity index (χ4n) is 7.69. The number of nitrogens with one attached hydrogen (secondary N) is 3. The van der Waals surface area contributed by atoms with Crippen LogP contribution in [0.3, 0.4) is 0 Å². The van der Waals surface area contributed by atoms with Gasteiger partial charge in [0.15, 0.2) is 5.65 Å². The number of aryl methyl sites for hydroxylation is 2. The van der Waals surface area contributed by atoms with Crippen LogP contribution in [0.15, 0.2) is 58.4 Å². The number of ether oxygens (including phenoxy) is 1. The largest absolute Gasteiger partial charge is 0.481 e. The van der Waals surface area contributed by atoms with E-state index in [-0.39, 0.29) is 29.2 Å². The number of halogens is 1. The van der Waals surface area contributed by atoms with Crippen LogP contribution in [0.25, 0.3) is 33.4 Å². The number of carbonyl (C=O) groups is 1. The van der Waals surface area contributed by atoms with Gasteiger partial charge in [0.25, 0.3) is 5.56 Å². The summed E-state index contributed by atoms with van der Waals surface area (Å²) in [6.45, 7) is 5.09. The van der Waals surface area contributed by atoms with Crippen molar-refractivity contribution in [2.24, 2.45) is 14.1 Å². The van der Waals surface area contributed by atoms with Crippen LogP contribution >= 0.6 is 11.6 Å². The first-order valence-corrected chi connectivity index (χ1v) is 18.5.